The Hall–Kier alpha value is -1.21. The lowest BCUT2D eigenvalue weighted by Crippen LogP contribution is -2.24. The van der Waals surface area contributed by atoms with Crippen molar-refractivity contribution in [2.75, 3.05) is 0 Å². The van der Waals surface area contributed by atoms with E-state index in [0.717, 1.165) is 10.9 Å². The number of fused-ring (bicyclic) bond motifs is 1. The summed E-state index contributed by atoms with van der Waals surface area (Å²) in [6.45, 7) is 4.03. The number of hydrogen-bond donors (Lipinski definition) is 0. The first-order valence-corrected chi connectivity index (χ1v) is 5.01. The second-order valence-corrected chi connectivity index (χ2v) is 3.51. The Labute approximate surface area is 88.0 Å². The van der Waals surface area contributed by atoms with E-state index in [0.29, 0.717) is 0 Å². The van der Waals surface area contributed by atoms with Crippen LogP contribution < -0.4 is 10.6 Å². The molecule has 0 saturated heterocycles. The van der Waals surface area contributed by atoms with Crippen LogP contribution in [0.15, 0.2) is 24.3 Å². The molecule has 0 atom stereocenters. The maximum absolute atomic E-state index is 6.21. The molecule has 1 aromatic heterocycles. The standard InChI is InChI=1S/C12H12ClN/c1-3-9-10-7-5-6-8-12(10)14(13)11(9)4-2/h3-8H,1-2H3. The smallest absolute Gasteiger partial charge is 0.0660 e. The van der Waals surface area contributed by atoms with Crippen LogP contribution in [0.4, 0.5) is 0 Å². The number of nitrogens with zero attached hydrogens (tertiary/aromatic N) is 1. The van der Waals surface area contributed by atoms with Gasteiger partial charge < -0.3 is 0 Å². The van der Waals surface area contributed by atoms with Gasteiger partial charge in [0.05, 0.1) is 10.9 Å². The molecule has 0 unspecified atom stereocenters. The molecule has 0 bridgehead atoms. The van der Waals surface area contributed by atoms with Crippen molar-refractivity contribution in [3.8, 4) is 0 Å². The van der Waals surface area contributed by atoms with Crippen molar-refractivity contribution in [3.05, 3.63) is 34.8 Å². The molecule has 0 amide bonds. The fourth-order valence-electron chi connectivity index (χ4n) is 1.82. The third kappa shape index (κ3) is 1.17. The van der Waals surface area contributed by atoms with Crippen molar-refractivity contribution in [3.63, 3.8) is 0 Å². The van der Waals surface area contributed by atoms with Crippen LogP contribution in [0.2, 0.25) is 0 Å². The topological polar surface area (TPSA) is 4.93 Å². The van der Waals surface area contributed by atoms with E-state index in [9.17, 15) is 0 Å². The largest absolute Gasteiger partial charge is 0.253 e. The quantitative estimate of drug-likeness (QED) is 0.622. The van der Waals surface area contributed by atoms with Gasteiger partial charge in [0.1, 0.15) is 0 Å². The molecule has 0 aliphatic heterocycles. The molecule has 2 heteroatoms. The number of halogens is 1. The highest BCUT2D eigenvalue weighted by atomic mass is 35.5. The van der Waals surface area contributed by atoms with Gasteiger partial charge in [-0.15, -0.1) is 0 Å². The van der Waals surface area contributed by atoms with Crippen molar-refractivity contribution in [1.29, 1.82) is 0 Å². The van der Waals surface area contributed by atoms with E-state index in [1.807, 2.05) is 38.1 Å². The summed E-state index contributed by atoms with van der Waals surface area (Å²) < 4.78 is 1.71. The molecule has 1 heterocycles. The molecule has 0 N–H and O–H groups in total. The number of benzene rings is 1. The molecule has 0 spiro atoms. The first kappa shape index (κ1) is 9.35. The number of aromatic nitrogens is 1. The summed E-state index contributed by atoms with van der Waals surface area (Å²) >= 11 is 6.21. The average Bonchev–Trinajstić information content (AvgIpc) is 2.51. The molecule has 0 aliphatic carbocycles. The number of para-hydroxylation sites is 1. The SMILES string of the molecule is CC=c1c(=CC)n(Cl)c2ccccc12. The normalized spacial score (nSPS) is 14.2. The first-order valence-electron chi connectivity index (χ1n) is 4.68. The molecule has 0 aliphatic rings. The van der Waals surface area contributed by atoms with Crippen LogP contribution in [0.3, 0.4) is 0 Å². The lowest BCUT2D eigenvalue weighted by Gasteiger charge is -1.90. The van der Waals surface area contributed by atoms with Gasteiger partial charge in [-0.2, -0.15) is 0 Å². The van der Waals surface area contributed by atoms with E-state index in [-0.39, 0.29) is 0 Å². The maximum Gasteiger partial charge on any atom is 0.0660 e. The van der Waals surface area contributed by atoms with E-state index in [4.69, 9.17) is 11.8 Å². The Kier molecular flexibility index (Phi) is 2.34. The Balaban J connectivity index is 3.17. The lowest BCUT2D eigenvalue weighted by molar-refractivity contribution is 1.23. The van der Waals surface area contributed by atoms with Gasteiger partial charge in [-0.1, -0.05) is 30.4 Å². The molecular formula is C12H12ClN. The van der Waals surface area contributed by atoms with E-state index in [1.54, 1.807) is 4.09 Å². The molecule has 14 heavy (non-hydrogen) atoms. The molecule has 0 radical (unpaired) electrons. The van der Waals surface area contributed by atoms with Crippen molar-refractivity contribution in [1.82, 2.24) is 4.09 Å². The van der Waals surface area contributed by atoms with Crippen LogP contribution in [0, 0.1) is 0 Å². The monoisotopic (exact) mass is 205 g/mol. The van der Waals surface area contributed by atoms with Gasteiger partial charge in [0.2, 0.25) is 0 Å². The molecule has 2 aromatic rings. The summed E-state index contributed by atoms with van der Waals surface area (Å²) in [4.78, 5) is 0. The summed E-state index contributed by atoms with van der Waals surface area (Å²) in [6, 6.07) is 8.16. The van der Waals surface area contributed by atoms with Crippen LogP contribution in [0.5, 0.6) is 0 Å². The van der Waals surface area contributed by atoms with Crippen LogP contribution in [0.25, 0.3) is 23.1 Å². The van der Waals surface area contributed by atoms with Crippen molar-refractivity contribution >= 4 is 34.8 Å². The van der Waals surface area contributed by atoms with Crippen molar-refractivity contribution < 1.29 is 0 Å². The number of hydrogen-bond acceptors (Lipinski definition) is 0. The van der Waals surface area contributed by atoms with Gasteiger partial charge in [0.15, 0.2) is 0 Å². The van der Waals surface area contributed by atoms with Crippen LogP contribution in [-0.2, 0) is 0 Å². The summed E-state index contributed by atoms with van der Waals surface area (Å²) in [5, 5.41) is 3.48. The van der Waals surface area contributed by atoms with E-state index >= 15 is 0 Å². The van der Waals surface area contributed by atoms with Crippen LogP contribution in [0.1, 0.15) is 13.8 Å². The Morgan fingerprint density at radius 2 is 1.86 bits per heavy atom. The van der Waals surface area contributed by atoms with Crippen molar-refractivity contribution in [2.24, 2.45) is 0 Å². The Morgan fingerprint density at radius 3 is 2.50 bits per heavy atom. The fourth-order valence-corrected chi connectivity index (χ4v) is 2.15. The minimum Gasteiger partial charge on any atom is -0.253 e. The highest BCUT2D eigenvalue weighted by molar-refractivity contribution is 6.19. The van der Waals surface area contributed by atoms with Gasteiger partial charge in [-0.25, -0.2) is 0 Å². The first-order chi connectivity index (χ1) is 6.79. The molecule has 1 nitrogen and oxygen atoms in total. The average molecular weight is 206 g/mol. The van der Waals surface area contributed by atoms with E-state index < -0.39 is 0 Å². The molecule has 2 rings (SSSR count). The molecular weight excluding hydrogens is 194 g/mol. The van der Waals surface area contributed by atoms with Gasteiger partial charge in [0.25, 0.3) is 0 Å². The highest BCUT2D eigenvalue weighted by Gasteiger charge is 2.02. The molecule has 0 fully saturated rings. The zero-order valence-electron chi connectivity index (χ0n) is 8.29. The highest BCUT2D eigenvalue weighted by Crippen LogP contribution is 2.08. The van der Waals surface area contributed by atoms with Crippen molar-refractivity contribution in [2.45, 2.75) is 13.8 Å². The minimum absolute atomic E-state index is 1.07. The third-order valence-corrected chi connectivity index (χ3v) is 2.82. The number of rotatable bonds is 0. The zero-order valence-corrected chi connectivity index (χ0v) is 9.05. The van der Waals surface area contributed by atoms with Crippen LogP contribution in [-0.4, -0.2) is 4.09 Å². The second kappa shape index (κ2) is 3.50. The Morgan fingerprint density at radius 1 is 1.14 bits per heavy atom. The van der Waals surface area contributed by atoms with Gasteiger partial charge in [0, 0.05) is 22.4 Å². The summed E-state index contributed by atoms with van der Waals surface area (Å²) in [7, 11) is 0. The van der Waals surface area contributed by atoms with Gasteiger partial charge in [-0.3, -0.25) is 4.09 Å². The molecule has 72 valence electrons. The third-order valence-electron chi connectivity index (χ3n) is 2.46. The summed E-state index contributed by atoms with van der Waals surface area (Å²) in [5.41, 5.74) is 1.07. The maximum atomic E-state index is 6.21. The summed E-state index contributed by atoms with van der Waals surface area (Å²) in [6.07, 6.45) is 4.12. The molecule has 0 saturated carbocycles. The minimum atomic E-state index is 1.07. The zero-order chi connectivity index (χ0) is 10.1. The predicted molar refractivity (Wildman–Crippen MR) is 62.7 cm³/mol. The fraction of sp³-hybridized carbons (Fsp3) is 0.167. The summed E-state index contributed by atoms with van der Waals surface area (Å²) in [5.74, 6) is 0. The van der Waals surface area contributed by atoms with Crippen LogP contribution >= 0.6 is 11.8 Å². The van der Waals surface area contributed by atoms with E-state index in [1.165, 1.54) is 10.6 Å². The Bertz CT molecular complexity index is 578. The van der Waals surface area contributed by atoms with Gasteiger partial charge in [-0.05, 0) is 19.9 Å². The predicted octanol–water partition coefficient (Wildman–Crippen LogP) is 2.24. The van der Waals surface area contributed by atoms with E-state index in [2.05, 4.69) is 12.1 Å². The second-order valence-electron chi connectivity index (χ2n) is 3.17. The van der Waals surface area contributed by atoms with Gasteiger partial charge >= 0.3 is 0 Å². The molecule has 1 aromatic carbocycles. The lowest BCUT2D eigenvalue weighted by atomic mass is 10.2.